The van der Waals surface area contributed by atoms with E-state index in [-0.39, 0.29) is 5.78 Å². The highest BCUT2D eigenvalue weighted by molar-refractivity contribution is 5.98. The zero-order valence-corrected chi connectivity index (χ0v) is 4.79. The van der Waals surface area contributed by atoms with Gasteiger partial charge in [0.2, 0.25) is 0 Å². The molecule has 0 aliphatic heterocycles. The van der Waals surface area contributed by atoms with Gasteiger partial charge in [-0.05, 0) is 19.2 Å². The van der Waals surface area contributed by atoms with E-state index in [0.717, 1.165) is 0 Å². The van der Waals surface area contributed by atoms with E-state index in [4.69, 9.17) is 5.73 Å². The normalized spacial score (nSPS) is 11.1. The minimum absolute atomic E-state index is 0.0741. The Hall–Kier alpha value is -1.05. The van der Waals surface area contributed by atoms with Gasteiger partial charge in [0.1, 0.15) is 0 Å². The number of carbonyl (C=O) groups is 1. The van der Waals surface area contributed by atoms with E-state index in [2.05, 4.69) is 0 Å². The molecule has 0 aromatic carbocycles. The van der Waals surface area contributed by atoms with Gasteiger partial charge in [-0.1, -0.05) is 6.08 Å². The number of allylic oxidation sites excluding steroid dienone is 3. The van der Waals surface area contributed by atoms with Gasteiger partial charge >= 0.3 is 0 Å². The summed E-state index contributed by atoms with van der Waals surface area (Å²) in [7, 11) is 0. The van der Waals surface area contributed by atoms with Crippen LogP contribution in [0.4, 0.5) is 0 Å². The standard InChI is InChI=1S/C6H9NO/c1-2-3-6(8)4-5-7/h2-5H,7H2,1H3/b3-2+,5-4-. The molecule has 0 spiro atoms. The molecule has 0 radical (unpaired) electrons. The average molecular weight is 111 g/mol. The molecule has 2 N–H and O–H groups in total. The molecular weight excluding hydrogens is 102 g/mol. The lowest BCUT2D eigenvalue weighted by atomic mass is 10.3. The Morgan fingerprint density at radius 2 is 2.12 bits per heavy atom. The summed E-state index contributed by atoms with van der Waals surface area (Å²) in [6.07, 6.45) is 5.65. The van der Waals surface area contributed by atoms with Gasteiger partial charge in [-0.15, -0.1) is 0 Å². The molecule has 2 heteroatoms. The first-order valence-electron chi connectivity index (χ1n) is 2.36. The van der Waals surface area contributed by atoms with E-state index >= 15 is 0 Å². The van der Waals surface area contributed by atoms with Crippen LogP contribution in [0.1, 0.15) is 6.92 Å². The Balaban J connectivity index is 3.66. The lowest BCUT2D eigenvalue weighted by Crippen LogP contribution is -1.86. The van der Waals surface area contributed by atoms with Crippen molar-refractivity contribution in [3.8, 4) is 0 Å². The monoisotopic (exact) mass is 111 g/mol. The van der Waals surface area contributed by atoms with E-state index in [9.17, 15) is 4.79 Å². The summed E-state index contributed by atoms with van der Waals surface area (Å²) in [5, 5.41) is 0. The first-order chi connectivity index (χ1) is 3.81. The molecule has 44 valence electrons. The quantitative estimate of drug-likeness (QED) is 0.530. The van der Waals surface area contributed by atoms with E-state index in [1.165, 1.54) is 18.4 Å². The molecule has 0 aliphatic carbocycles. The predicted molar refractivity (Wildman–Crippen MR) is 33.1 cm³/mol. The molecular formula is C6H9NO. The first-order valence-corrected chi connectivity index (χ1v) is 2.36. The molecule has 0 saturated heterocycles. The van der Waals surface area contributed by atoms with Crippen LogP contribution in [0.2, 0.25) is 0 Å². The lowest BCUT2D eigenvalue weighted by molar-refractivity contribution is -0.110. The molecule has 0 aromatic rings. The Labute approximate surface area is 48.7 Å². The summed E-state index contributed by atoms with van der Waals surface area (Å²) in [6, 6.07) is 0. The molecule has 0 aliphatic rings. The molecule has 0 rings (SSSR count). The zero-order valence-electron chi connectivity index (χ0n) is 4.79. The second kappa shape index (κ2) is 4.12. The van der Waals surface area contributed by atoms with Crippen molar-refractivity contribution in [2.45, 2.75) is 6.92 Å². The van der Waals surface area contributed by atoms with Crippen LogP contribution in [0, 0.1) is 0 Å². The third-order valence-electron chi connectivity index (χ3n) is 0.591. The van der Waals surface area contributed by atoms with Gasteiger partial charge in [0, 0.05) is 6.08 Å². The number of nitrogens with two attached hydrogens (primary N) is 1. The van der Waals surface area contributed by atoms with Gasteiger partial charge in [-0.2, -0.15) is 0 Å². The maximum absolute atomic E-state index is 10.4. The van der Waals surface area contributed by atoms with Crippen LogP contribution in [0.15, 0.2) is 24.4 Å². The minimum atomic E-state index is -0.0741. The largest absolute Gasteiger partial charge is 0.404 e. The van der Waals surface area contributed by atoms with Crippen molar-refractivity contribution < 1.29 is 4.79 Å². The van der Waals surface area contributed by atoms with Crippen molar-refractivity contribution in [1.82, 2.24) is 0 Å². The van der Waals surface area contributed by atoms with E-state index < -0.39 is 0 Å². The lowest BCUT2D eigenvalue weighted by Gasteiger charge is -1.75. The summed E-state index contributed by atoms with van der Waals surface area (Å²) in [5.74, 6) is -0.0741. The van der Waals surface area contributed by atoms with E-state index in [1.807, 2.05) is 0 Å². The van der Waals surface area contributed by atoms with Crippen LogP contribution in [-0.2, 0) is 4.79 Å². The number of carbonyl (C=O) groups excluding carboxylic acids is 1. The van der Waals surface area contributed by atoms with Crippen molar-refractivity contribution in [2.75, 3.05) is 0 Å². The molecule has 8 heavy (non-hydrogen) atoms. The van der Waals surface area contributed by atoms with Crippen molar-refractivity contribution in [2.24, 2.45) is 5.73 Å². The second-order valence-electron chi connectivity index (χ2n) is 1.26. The molecule has 0 saturated carbocycles. The summed E-state index contributed by atoms with van der Waals surface area (Å²) in [4.78, 5) is 10.4. The molecule has 0 fully saturated rings. The van der Waals surface area contributed by atoms with Gasteiger partial charge in [-0.25, -0.2) is 0 Å². The Morgan fingerprint density at radius 3 is 2.50 bits per heavy atom. The van der Waals surface area contributed by atoms with Gasteiger partial charge in [0.25, 0.3) is 0 Å². The van der Waals surface area contributed by atoms with Gasteiger partial charge < -0.3 is 5.73 Å². The van der Waals surface area contributed by atoms with E-state index in [1.54, 1.807) is 13.0 Å². The van der Waals surface area contributed by atoms with Gasteiger partial charge in [0.05, 0.1) is 0 Å². The molecule has 0 heterocycles. The third kappa shape index (κ3) is 3.15. The fourth-order valence-corrected chi connectivity index (χ4v) is 0.315. The maximum Gasteiger partial charge on any atom is 0.179 e. The fourth-order valence-electron chi connectivity index (χ4n) is 0.315. The second-order valence-corrected chi connectivity index (χ2v) is 1.26. The number of rotatable bonds is 2. The fraction of sp³-hybridized carbons (Fsp3) is 0.167. The summed E-state index contributed by atoms with van der Waals surface area (Å²) in [6.45, 7) is 1.78. The van der Waals surface area contributed by atoms with Crippen molar-refractivity contribution in [1.29, 1.82) is 0 Å². The van der Waals surface area contributed by atoms with Crippen LogP contribution in [0.25, 0.3) is 0 Å². The smallest absolute Gasteiger partial charge is 0.179 e. The average Bonchev–Trinajstić information content (AvgIpc) is 1.68. The third-order valence-corrected chi connectivity index (χ3v) is 0.591. The molecule has 0 unspecified atom stereocenters. The number of hydrogen-bond acceptors (Lipinski definition) is 2. The SMILES string of the molecule is C/C=C/C(=O)/C=C\N. The summed E-state index contributed by atoms with van der Waals surface area (Å²) < 4.78 is 0. The Bertz CT molecular complexity index is 110. The van der Waals surface area contributed by atoms with Crippen molar-refractivity contribution >= 4 is 5.78 Å². The molecule has 2 nitrogen and oxygen atoms in total. The maximum atomic E-state index is 10.4. The Kier molecular flexibility index (Phi) is 3.58. The molecule has 0 atom stereocenters. The van der Waals surface area contributed by atoms with Crippen LogP contribution >= 0.6 is 0 Å². The highest BCUT2D eigenvalue weighted by Gasteiger charge is 1.81. The molecule has 0 aromatic heterocycles. The summed E-state index contributed by atoms with van der Waals surface area (Å²) >= 11 is 0. The highest BCUT2D eigenvalue weighted by Crippen LogP contribution is 1.75. The van der Waals surface area contributed by atoms with Gasteiger partial charge in [0.15, 0.2) is 5.78 Å². The number of hydrogen-bond donors (Lipinski definition) is 1. The van der Waals surface area contributed by atoms with Gasteiger partial charge in [-0.3, -0.25) is 4.79 Å². The topological polar surface area (TPSA) is 43.1 Å². The molecule has 0 bridgehead atoms. The molecule has 0 amide bonds. The van der Waals surface area contributed by atoms with Crippen LogP contribution in [0.3, 0.4) is 0 Å². The highest BCUT2D eigenvalue weighted by atomic mass is 16.1. The predicted octanol–water partition coefficient (Wildman–Crippen LogP) is 0.604. The van der Waals surface area contributed by atoms with Crippen LogP contribution < -0.4 is 5.73 Å². The summed E-state index contributed by atoms with van der Waals surface area (Å²) in [5.41, 5.74) is 4.92. The van der Waals surface area contributed by atoms with Crippen LogP contribution in [-0.4, -0.2) is 5.78 Å². The zero-order chi connectivity index (χ0) is 6.41. The van der Waals surface area contributed by atoms with E-state index in [0.29, 0.717) is 0 Å². The minimum Gasteiger partial charge on any atom is -0.404 e. The van der Waals surface area contributed by atoms with Crippen LogP contribution in [0.5, 0.6) is 0 Å². The van der Waals surface area contributed by atoms with Crippen molar-refractivity contribution in [3.05, 3.63) is 24.4 Å². The number of ketones is 1. The van der Waals surface area contributed by atoms with Crippen molar-refractivity contribution in [3.63, 3.8) is 0 Å². The Morgan fingerprint density at radius 1 is 1.50 bits per heavy atom. The first kappa shape index (κ1) is 6.95.